The molecule has 0 radical (unpaired) electrons. The minimum Gasteiger partial charge on any atom is -0.505 e. The summed E-state index contributed by atoms with van der Waals surface area (Å²) in [5.74, 6) is -0.189. The summed E-state index contributed by atoms with van der Waals surface area (Å²) >= 11 is 0. The van der Waals surface area contributed by atoms with Crippen molar-refractivity contribution >= 4 is 11.4 Å². The van der Waals surface area contributed by atoms with E-state index in [-0.39, 0.29) is 29.6 Å². The molecule has 1 aromatic carbocycles. The largest absolute Gasteiger partial charge is 0.505 e. The normalized spacial score (nSPS) is 12.4. The van der Waals surface area contributed by atoms with Gasteiger partial charge in [-0.15, -0.1) is 0 Å². The first-order valence-corrected chi connectivity index (χ1v) is 7.30. The molecule has 0 amide bonds. The zero-order chi connectivity index (χ0) is 17.6. The number of halogens is 1. The van der Waals surface area contributed by atoms with Crippen LogP contribution in [-0.2, 0) is 6.54 Å². The molecule has 126 valence electrons. The number of hydrogen-bond donors (Lipinski definition) is 2. The summed E-state index contributed by atoms with van der Waals surface area (Å²) in [6, 6.07) is 7.98. The van der Waals surface area contributed by atoms with Gasteiger partial charge in [0.15, 0.2) is 11.6 Å². The maximum atomic E-state index is 13.8. The molecule has 8 heteroatoms. The Balaban J connectivity index is 1.93. The van der Waals surface area contributed by atoms with Crippen molar-refractivity contribution in [2.45, 2.75) is 6.54 Å². The van der Waals surface area contributed by atoms with Crippen LogP contribution in [0.4, 0.5) is 4.39 Å². The molecule has 0 atom stereocenters. The summed E-state index contributed by atoms with van der Waals surface area (Å²) < 4.78 is 18.6. The van der Waals surface area contributed by atoms with Crippen LogP contribution in [0.5, 0.6) is 5.75 Å². The average molecular weight is 339 g/mol. The van der Waals surface area contributed by atoms with Crippen LogP contribution in [0, 0.1) is 5.82 Å². The van der Waals surface area contributed by atoms with Crippen molar-refractivity contribution in [3.63, 3.8) is 0 Å². The highest BCUT2D eigenvalue weighted by Gasteiger charge is 2.09. The van der Waals surface area contributed by atoms with Gasteiger partial charge in [-0.05, 0) is 12.1 Å². The van der Waals surface area contributed by atoms with Gasteiger partial charge >= 0.3 is 0 Å². The lowest BCUT2D eigenvalue weighted by atomic mass is 10.2. The van der Waals surface area contributed by atoms with Crippen molar-refractivity contribution in [1.82, 2.24) is 15.1 Å². The first-order valence-electron chi connectivity index (χ1n) is 7.30. The molecular formula is C17H14FN5O2. The maximum absolute atomic E-state index is 13.8. The van der Waals surface area contributed by atoms with Gasteiger partial charge in [0.1, 0.15) is 17.8 Å². The standard InChI is InChI=1S/C17H14FN5O2/c18-13-4-2-1-3-11(13)8-20-16(15-5-6-25-23-15)7-14(19)17-21-9-12(24)10-22-17/h1-7,9-10,24H,8,19H2. The molecule has 0 unspecified atom stereocenters. The highest BCUT2D eigenvalue weighted by atomic mass is 19.1. The minimum absolute atomic E-state index is 0.0681. The Labute approximate surface area is 142 Å². The average Bonchev–Trinajstić information content (AvgIpc) is 3.15. The molecule has 25 heavy (non-hydrogen) atoms. The summed E-state index contributed by atoms with van der Waals surface area (Å²) in [7, 11) is 0. The van der Waals surface area contributed by atoms with Gasteiger partial charge in [-0.2, -0.15) is 0 Å². The summed E-state index contributed by atoms with van der Waals surface area (Å²) in [5.41, 5.74) is 7.49. The number of nitrogens with zero attached hydrogens (tertiary/aromatic N) is 4. The van der Waals surface area contributed by atoms with Crippen LogP contribution in [-0.4, -0.2) is 25.9 Å². The van der Waals surface area contributed by atoms with Crippen molar-refractivity contribution in [3.05, 3.63) is 78.0 Å². The van der Waals surface area contributed by atoms with Crippen LogP contribution < -0.4 is 5.73 Å². The Morgan fingerprint density at radius 3 is 2.68 bits per heavy atom. The van der Waals surface area contributed by atoms with E-state index in [2.05, 4.69) is 20.1 Å². The molecule has 0 aliphatic rings. The summed E-state index contributed by atoms with van der Waals surface area (Å²) in [4.78, 5) is 12.2. The van der Waals surface area contributed by atoms with E-state index in [1.807, 2.05) is 0 Å². The van der Waals surface area contributed by atoms with Crippen molar-refractivity contribution in [1.29, 1.82) is 0 Å². The molecule has 0 aliphatic heterocycles. The smallest absolute Gasteiger partial charge is 0.175 e. The number of aromatic nitrogens is 3. The molecule has 0 fully saturated rings. The van der Waals surface area contributed by atoms with E-state index < -0.39 is 0 Å². The second-order valence-electron chi connectivity index (χ2n) is 5.04. The van der Waals surface area contributed by atoms with Crippen LogP contribution in [0.15, 0.2) is 64.6 Å². The van der Waals surface area contributed by atoms with Crippen LogP contribution in [0.3, 0.4) is 0 Å². The van der Waals surface area contributed by atoms with E-state index >= 15 is 0 Å². The second kappa shape index (κ2) is 7.35. The Morgan fingerprint density at radius 1 is 1.24 bits per heavy atom. The Morgan fingerprint density at radius 2 is 2.00 bits per heavy atom. The Kier molecular flexibility index (Phi) is 4.79. The first-order chi connectivity index (χ1) is 12.1. The molecule has 2 aromatic heterocycles. The predicted octanol–water partition coefficient (Wildman–Crippen LogP) is 2.30. The summed E-state index contributed by atoms with van der Waals surface area (Å²) in [6.45, 7) is 0.106. The van der Waals surface area contributed by atoms with Gasteiger partial charge in [0.25, 0.3) is 0 Å². The fourth-order valence-electron chi connectivity index (χ4n) is 2.02. The lowest BCUT2D eigenvalue weighted by Gasteiger charge is -2.03. The van der Waals surface area contributed by atoms with Gasteiger partial charge in [0.2, 0.25) is 0 Å². The van der Waals surface area contributed by atoms with Gasteiger partial charge in [-0.25, -0.2) is 14.4 Å². The number of allylic oxidation sites excluding steroid dienone is 1. The number of nitrogens with two attached hydrogens (primary N) is 1. The molecule has 3 aromatic rings. The fourth-order valence-corrected chi connectivity index (χ4v) is 2.02. The van der Waals surface area contributed by atoms with Gasteiger partial charge in [-0.1, -0.05) is 23.4 Å². The van der Waals surface area contributed by atoms with E-state index in [9.17, 15) is 9.50 Å². The van der Waals surface area contributed by atoms with E-state index in [0.717, 1.165) is 0 Å². The highest BCUT2D eigenvalue weighted by molar-refractivity contribution is 6.10. The molecule has 0 saturated carbocycles. The monoisotopic (exact) mass is 339 g/mol. The zero-order valence-electron chi connectivity index (χ0n) is 13.0. The van der Waals surface area contributed by atoms with E-state index in [0.29, 0.717) is 17.0 Å². The quantitative estimate of drug-likeness (QED) is 0.690. The number of hydrogen-bond acceptors (Lipinski definition) is 7. The Hall–Kier alpha value is -3.55. The topological polar surface area (TPSA) is 110 Å². The minimum atomic E-state index is -0.343. The van der Waals surface area contributed by atoms with Gasteiger partial charge in [0.05, 0.1) is 30.3 Å². The third kappa shape index (κ3) is 4.05. The molecule has 0 aliphatic carbocycles. The number of rotatable bonds is 5. The summed E-state index contributed by atoms with van der Waals surface area (Å²) in [5, 5.41) is 13.1. The van der Waals surface area contributed by atoms with E-state index in [1.54, 1.807) is 24.3 Å². The maximum Gasteiger partial charge on any atom is 0.175 e. The molecule has 0 spiro atoms. The van der Waals surface area contributed by atoms with Crippen LogP contribution in [0.2, 0.25) is 0 Å². The molecule has 7 nitrogen and oxygen atoms in total. The lowest BCUT2D eigenvalue weighted by Crippen LogP contribution is -2.07. The van der Waals surface area contributed by atoms with Crippen LogP contribution in [0.25, 0.3) is 5.70 Å². The SMILES string of the molecule is NC(=CC(=NCc1ccccc1F)c1ccon1)c1ncc(O)cn1. The number of aliphatic imine (C=N–C) groups is 1. The van der Waals surface area contributed by atoms with Crippen LogP contribution >= 0.6 is 0 Å². The molecule has 2 heterocycles. The molecular weight excluding hydrogens is 325 g/mol. The molecule has 3 rings (SSSR count). The van der Waals surface area contributed by atoms with Crippen molar-refractivity contribution < 1.29 is 14.0 Å². The van der Waals surface area contributed by atoms with Crippen molar-refractivity contribution in [2.75, 3.05) is 0 Å². The van der Waals surface area contributed by atoms with Gasteiger partial charge in [0, 0.05) is 11.6 Å². The zero-order valence-corrected chi connectivity index (χ0v) is 13.0. The molecule has 0 bridgehead atoms. The first kappa shape index (κ1) is 16.3. The van der Waals surface area contributed by atoms with Crippen LogP contribution in [0.1, 0.15) is 17.1 Å². The Bertz CT molecular complexity index is 905. The highest BCUT2D eigenvalue weighted by Crippen LogP contribution is 2.12. The predicted molar refractivity (Wildman–Crippen MR) is 89.0 cm³/mol. The fraction of sp³-hybridized carbons (Fsp3) is 0.0588. The van der Waals surface area contributed by atoms with Crippen molar-refractivity contribution in [3.8, 4) is 5.75 Å². The number of benzene rings is 1. The number of aromatic hydroxyl groups is 1. The summed E-state index contributed by atoms with van der Waals surface area (Å²) in [6.07, 6.45) is 5.38. The molecule has 0 saturated heterocycles. The molecule has 3 N–H and O–H groups in total. The van der Waals surface area contributed by atoms with Crippen molar-refractivity contribution in [2.24, 2.45) is 10.7 Å². The van der Waals surface area contributed by atoms with Gasteiger partial charge < -0.3 is 15.4 Å². The van der Waals surface area contributed by atoms with Gasteiger partial charge in [-0.3, -0.25) is 4.99 Å². The lowest BCUT2D eigenvalue weighted by molar-refractivity contribution is 0.418. The van der Waals surface area contributed by atoms with E-state index in [1.165, 1.54) is 30.8 Å². The van der Waals surface area contributed by atoms with E-state index in [4.69, 9.17) is 10.3 Å². The third-order valence-corrected chi connectivity index (χ3v) is 3.27. The second-order valence-corrected chi connectivity index (χ2v) is 5.04. The third-order valence-electron chi connectivity index (χ3n) is 3.27.